The number of hydrogen-bond donors (Lipinski definition) is 0. The normalized spacial score (nSPS) is 12.9. The smallest absolute Gasteiger partial charge is 0.147 e. The maximum atomic E-state index is 2.75. The molecule has 12 aromatic carbocycles. The Balaban J connectivity index is 0.00000291. The van der Waals surface area contributed by atoms with Gasteiger partial charge in [0.25, 0.3) is 0 Å². The van der Waals surface area contributed by atoms with Crippen LogP contribution >= 0.6 is 37.2 Å². The van der Waals surface area contributed by atoms with E-state index in [1.807, 2.05) is 0 Å². The van der Waals surface area contributed by atoms with Crippen molar-refractivity contribution in [3.63, 3.8) is 0 Å². The molecule has 0 radical (unpaired) electrons. The maximum absolute atomic E-state index is 3.58. The molecule has 89 heavy (non-hydrogen) atoms. The summed E-state index contributed by atoms with van der Waals surface area (Å²) in [5, 5.41) is 4.44. The molecule has 1 aliphatic carbocycles. The number of halogens is 3. The molecule has 0 saturated carbocycles. The molecule has 0 amide bonds. The molecule has 13 rings (SSSR count). The molecular weight excluding hydrogens is 1190 g/mol. The van der Waals surface area contributed by atoms with Crippen LogP contribution in [0.15, 0.2) is 312 Å². The second kappa shape index (κ2) is 27.8. The van der Waals surface area contributed by atoms with Crippen LogP contribution in [0.1, 0.15) is 44.4 Å². The molecule has 0 nitrogen and oxygen atoms in total. The van der Waals surface area contributed by atoms with Gasteiger partial charge in [-0.2, -0.15) is 0 Å². The van der Waals surface area contributed by atoms with Crippen LogP contribution in [0, 0.1) is 26.7 Å². The molecule has 1 aliphatic rings. The molecule has 0 saturated heterocycles. The fourth-order valence-corrected chi connectivity index (χ4v) is 29.3. The van der Waals surface area contributed by atoms with Crippen molar-refractivity contribution < 1.29 is 18.4 Å². The van der Waals surface area contributed by atoms with E-state index < -0.39 is 24.3 Å². The van der Waals surface area contributed by atoms with Crippen LogP contribution in [0.3, 0.4) is 0 Å². The Bertz CT molecular complexity index is 4080. The average Bonchev–Trinajstić information content (AvgIpc) is 1.17. The van der Waals surface area contributed by atoms with E-state index in [1.165, 1.54) is 149 Å². The molecule has 12 aromatic rings. The second-order valence-electron chi connectivity index (χ2n) is 23.3. The van der Waals surface area contributed by atoms with Crippen molar-refractivity contribution in [1.82, 2.24) is 0 Å². The quantitative estimate of drug-likeness (QED) is 0.0752. The number of benzene rings is 12. The number of allylic oxidation sites excluding steroid dienone is 4. The van der Waals surface area contributed by atoms with Gasteiger partial charge < -0.3 is 0 Å². The van der Waals surface area contributed by atoms with E-state index >= 15 is 0 Å². The van der Waals surface area contributed by atoms with Gasteiger partial charge in [0.1, 0.15) is 0 Å². The van der Waals surface area contributed by atoms with E-state index in [9.17, 15) is 0 Å². The Kier molecular flexibility index (Phi) is 19.9. The zero-order valence-corrected chi connectivity index (χ0v) is 56.5. The molecule has 0 aromatic heterocycles. The predicted octanol–water partition coefficient (Wildman–Crippen LogP) is 22.2. The van der Waals surface area contributed by atoms with Crippen LogP contribution in [0.25, 0.3) is 100 Å². The minimum Gasteiger partial charge on any atom is -0.147 e. The summed E-state index contributed by atoms with van der Waals surface area (Å²) in [6, 6.07) is 110. The van der Waals surface area contributed by atoms with E-state index in [2.05, 4.69) is 340 Å². The van der Waals surface area contributed by atoms with Crippen LogP contribution in [-0.4, -0.2) is 5.94 Å². The predicted molar refractivity (Wildman–Crippen MR) is 389 cm³/mol. The summed E-state index contributed by atoms with van der Waals surface area (Å²) in [5.74, 6) is -3.30. The van der Waals surface area contributed by atoms with Crippen molar-refractivity contribution in [3.8, 4) is 100 Å². The van der Waals surface area contributed by atoms with Gasteiger partial charge >= 0.3 is 523 Å². The number of hydrogen-bond acceptors (Lipinski definition) is 0. The van der Waals surface area contributed by atoms with Crippen LogP contribution in [0.5, 0.6) is 0 Å². The second-order valence-corrected chi connectivity index (χ2v) is 32.2. The average molecular weight is 1260 g/mol. The van der Waals surface area contributed by atoms with E-state index in [0.29, 0.717) is 0 Å². The van der Waals surface area contributed by atoms with Crippen LogP contribution in [0.4, 0.5) is 0 Å². The van der Waals surface area contributed by atoms with Gasteiger partial charge in [0, 0.05) is 0 Å². The summed E-state index contributed by atoms with van der Waals surface area (Å²) >= 11 is -1.22. The van der Waals surface area contributed by atoms with E-state index in [-0.39, 0.29) is 43.1 Å². The topological polar surface area (TPSA) is 0 Å². The molecule has 1 atom stereocenters. The van der Waals surface area contributed by atoms with E-state index in [1.54, 1.807) is 3.88 Å². The van der Waals surface area contributed by atoms with Crippen molar-refractivity contribution in [3.05, 3.63) is 328 Å². The molecule has 0 N–H and O–H groups in total. The largest absolute Gasteiger partial charge is 0.147 e. The van der Waals surface area contributed by atoms with Gasteiger partial charge in [0.15, 0.2) is 0 Å². The Labute approximate surface area is 555 Å². The van der Waals surface area contributed by atoms with Gasteiger partial charge in [0.05, 0.1) is 0 Å². The van der Waals surface area contributed by atoms with Gasteiger partial charge in [-0.1, -0.05) is 0 Å². The van der Waals surface area contributed by atoms with Gasteiger partial charge in [-0.25, -0.2) is 0 Å². The molecular formula is C84H73Cl3SiTi. The number of rotatable bonds is 14. The molecule has 0 spiro atoms. The monoisotopic (exact) mass is 1260 g/mol. The molecule has 0 bridgehead atoms. The molecule has 0 fully saturated rings. The third-order valence-corrected chi connectivity index (χ3v) is 31.3. The molecule has 438 valence electrons. The van der Waals surface area contributed by atoms with Crippen molar-refractivity contribution in [2.45, 2.75) is 48.5 Å². The Morgan fingerprint density at radius 1 is 0.258 bits per heavy atom. The fraction of sp³-hybridized carbons (Fsp3) is 0.0952. The minimum atomic E-state index is -3.58. The van der Waals surface area contributed by atoms with Crippen LogP contribution in [0.2, 0.25) is 0 Å². The first-order chi connectivity index (χ1) is 42.1. The van der Waals surface area contributed by atoms with E-state index in [0.717, 1.165) is 0 Å². The SMILES string of the molecule is CC1=C(C)C(C)[C]([Ti][Si](c2cc(-c3ccccc3)c(-c3ccccc3)c(-c3ccccc3)c2C)(c2cc(-c3ccccc3)c(-c3ccccc3)c(-c3ccccc3)c2C)c2cc(-c3ccccc3)c(-c3ccccc3)c(-c3ccccc3)c2C)=C1C.Cl.Cl.Cl. The molecule has 0 heterocycles. The van der Waals surface area contributed by atoms with E-state index in [4.69, 9.17) is 0 Å². The summed E-state index contributed by atoms with van der Waals surface area (Å²) < 4.78 is 1.66. The third kappa shape index (κ3) is 11.8. The van der Waals surface area contributed by atoms with Crippen LogP contribution < -0.4 is 15.6 Å². The summed E-state index contributed by atoms with van der Waals surface area (Å²) in [7, 11) is 0. The van der Waals surface area contributed by atoms with Gasteiger partial charge in [-0.15, -0.1) is 37.2 Å². The summed E-state index contributed by atoms with van der Waals surface area (Å²) in [5.41, 5.74) is 30.8. The van der Waals surface area contributed by atoms with Crippen molar-refractivity contribution in [2.75, 3.05) is 0 Å². The van der Waals surface area contributed by atoms with Gasteiger partial charge in [-0.3, -0.25) is 0 Å². The molecule has 1 unspecified atom stereocenters. The maximum Gasteiger partial charge on any atom is -0.147 e. The Morgan fingerprint density at radius 3 is 0.663 bits per heavy atom. The summed E-state index contributed by atoms with van der Waals surface area (Å²) in [6.45, 7) is 17.3. The zero-order valence-electron chi connectivity index (χ0n) is 51.5. The van der Waals surface area contributed by atoms with Gasteiger partial charge in [0.2, 0.25) is 0 Å². The third-order valence-electron chi connectivity index (χ3n) is 18.6. The first-order valence-electron chi connectivity index (χ1n) is 30.3. The fourth-order valence-electron chi connectivity index (χ4n) is 14.1. The van der Waals surface area contributed by atoms with Gasteiger partial charge in [-0.05, 0) is 0 Å². The Hall–Kier alpha value is -8.08. The summed E-state index contributed by atoms with van der Waals surface area (Å²) in [6.07, 6.45) is 0. The van der Waals surface area contributed by atoms with Crippen molar-refractivity contribution >= 4 is 58.7 Å². The molecule has 5 heteroatoms. The van der Waals surface area contributed by atoms with Crippen molar-refractivity contribution in [1.29, 1.82) is 0 Å². The Morgan fingerprint density at radius 2 is 0.461 bits per heavy atom. The minimum absolute atomic E-state index is 0. The summed E-state index contributed by atoms with van der Waals surface area (Å²) in [4.78, 5) is 0. The zero-order chi connectivity index (χ0) is 58.9. The first-order valence-corrected chi connectivity index (χ1v) is 35.5. The van der Waals surface area contributed by atoms with Crippen molar-refractivity contribution in [2.24, 2.45) is 5.92 Å². The first kappa shape index (κ1) is 63.9. The standard InChI is InChI=1S/C75H57Si.C9H13.3ClH.Ti/c1-52-67(49-64(55-31-13-4-14-32-55)73(61-43-25-10-26-44-61)70(52)58-37-19-7-20-38-58)76(68-50-65(56-33-15-5-16-34-56)74(62-45-27-11-28-46-62)71(53(68)2)59-39-21-8-22-40-59)69-51-66(57-35-17-6-18-36-57)75(63-47-29-12-30-48-63)72(54(69)3)60-41-23-9-24-42-60;1-6-5-7(2)9(4)8(6)3;;;;/h4-51H,1-3H3;6H,1-4H3;3*1H;. The van der Waals surface area contributed by atoms with Crippen LogP contribution in [-0.2, 0) is 18.4 Å². The molecule has 0 aliphatic heterocycles.